The van der Waals surface area contributed by atoms with Gasteiger partial charge >= 0.3 is 0 Å². The van der Waals surface area contributed by atoms with Crippen molar-refractivity contribution < 1.29 is 0 Å². The van der Waals surface area contributed by atoms with Gasteiger partial charge in [-0.05, 0) is 74.1 Å². The SMILES string of the molecule is Cc1ccc(CC2CCC(c3ccc(N)cc3)CC2)cc1. The Morgan fingerprint density at radius 1 is 0.857 bits per heavy atom. The highest BCUT2D eigenvalue weighted by Crippen LogP contribution is 2.37. The Labute approximate surface area is 128 Å². The molecule has 1 aliphatic rings. The monoisotopic (exact) mass is 279 g/mol. The standard InChI is InChI=1S/C20H25N/c1-15-2-4-16(5-3-15)14-17-6-8-18(9-7-17)19-10-12-20(21)13-11-19/h2-5,10-13,17-18H,6-9,14,21H2,1H3. The minimum Gasteiger partial charge on any atom is -0.399 e. The maximum Gasteiger partial charge on any atom is 0.0314 e. The van der Waals surface area contributed by atoms with Crippen molar-refractivity contribution in [3.05, 3.63) is 65.2 Å². The van der Waals surface area contributed by atoms with Crippen LogP contribution in [-0.2, 0) is 6.42 Å². The van der Waals surface area contributed by atoms with Crippen LogP contribution < -0.4 is 5.73 Å². The van der Waals surface area contributed by atoms with Crippen molar-refractivity contribution >= 4 is 5.69 Å². The van der Waals surface area contributed by atoms with Crippen molar-refractivity contribution in [2.75, 3.05) is 5.73 Å². The van der Waals surface area contributed by atoms with E-state index in [-0.39, 0.29) is 0 Å². The molecular weight excluding hydrogens is 254 g/mol. The third kappa shape index (κ3) is 3.66. The van der Waals surface area contributed by atoms with Crippen LogP contribution in [0.4, 0.5) is 5.69 Å². The Hall–Kier alpha value is -1.76. The average Bonchev–Trinajstić information content (AvgIpc) is 2.51. The molecule has 3 rings (SSSR count). The average molecular weight is 279 g/mol. The second kappa shape index (κ2) is 6.34. The summed E-state index contributed by atoms with van der Waals surface area (Å²) >= 11 is 0. The molecule has 1 fully saturated rings. The summed E-state index contributed by atoms with van der Waals surface area (Å²) < 4.78 is 0. The lowest BCUT2D eigenvalue weighted by molar-refractivity contribution is 0.324. The van der Waals surface area contributed by atoms with Gasteiger partial charge in [0.15, 0.2) is 0 Å². The zero-order valence-corrected chi connectivity index (χ0v) is 12.9. The van der Waals surface area contributed by atoms with Crippen LogP contribution in [0.2, 0.25) is 0 Å². The third-order valence-electron chi connectivity index (χ3n) is 4.90. The molecule has 0 aliphatic heterocycles. The van der Waals surface area contributed by atoms with Crippen molar-refractivity contribution in [3.63, 3.8) is 0 Å². The van der Waals surface area contributed by atoms with Gasteiger partial charge in [0.05, 0.1) is 0 Å². The fourth-order valence-corrected chi connectivity index (χ4v) is 3.53. The highest BCUT2D eigenvalue weighted by Gasteiger charge is 2.22. The molecule has 0 atom stereocenters. The van der Waals surface area contributed by atoms with E-state index in [0.29, 0.717) is 0 Å². The summed E-state index contributed by atoms with van der Waals surface area (Å²) in [6.45, 7) is 2.15. The highest BCUT2D eigenvalue weighted by molar-refractivity contribution is 5.40. The topological polar surface area (TPSA) is 26.0 Å². The molecule has 1 saturated carbocycles. The van der Waals surface area contributed by atoms with Crippen molar-refractivity contribution in [1.29, 1.82) is 0 Å². The van der Waals surface area contributed by atoms with E-state index < -0.39 is 0 Å². The molecule has 0 unspecified atom stereocenters. The first-order valence-electron chi connectivity index (χ1n) is 8.11. The minimum atomic E-state index is 0.736. The lowest BCUT2D eigenvalue weighted by Gasteiger charge is -2.29. The fraction of sp³-hybridized carbons (Fsp3) is 0.400. The molecule has 21 heavy (non-hydrogen) atoms. The number of hydrogen-bond donors (Lipinski definition) is 1. The third-order valence-corrected chi connectivity index (χ3v) is 4.90. The Morgan fingerprint density at radius 3 is 2.10 bits per heavy atom. The van der Waals surface area contributed by atoms with Gasteiger partial charge in [0.2, 0.25) is 0 Å². The molecular formula is C20H25N. The minimum absolute atomic E-state index is 0.736. The Morgan fingerprint density at radius 2 is 1.48 bits per heavy atom. The first kappa shape index (κ1) is 14.2. The van der Waals surface area contributed by atoms with E-state index in [9.17, 15) is 0 Å². The van der Waals surface area contributed by atoms with Gasteiger partial charge in [0, 0.05) is 5.69 Å². The summed E-state index contributed by atoms with van der Waals surface area (Å²) in [5.74, 6) is 1.60. The van der Waals surface area contributed by atoms with Crippen LogP contribution >= 0.6 is 0 Å². The molecule has 2 aromatic carbocycles. The van der Waals surface area contributed by atoms with Gasteiger partial charge in [-0.2, -0.15) is 0 Å². The normalized spacial score (nSPS) is 22.1. The van der Waals surface area contributed by atoms with Crippen molar-refractivity contribution in [2.24, 2.45) is 5.92 Å². The second-order valence-electron chi connectivity index (χ2n) is 6.57. The fourth-order valence-electron chi connectivity index (χ4n) is 3.53. The summed E-state index contributed by atoms with van der Waals surface area (Å²) in [6, 6.07) is 17.5. The van der Waals surface area contributed by atoms with E-state index in [0.717, 1.165) is 17.5 Å². The van der Waals surface area contributed by atoms with Gasteiger partial charge in [-0.25, -0.2) is 0 Å². The van der Waals surface area contributed by atoms with Gasteiger partial charge < -0.3 is 5.73 Å². The molecule has 2 N–H and O–H groups in total. The number of nitrogens with two attached hydrogens (primary N) is 1. The Kier molecular flexibility index (Phi) is 4.28. The largest absolute Gasteiger partial charge is 0.399 e. The Balaban J connectivity index is 1.55. The molecule has 0 amide bonds. The first-order chi connectivity index (χ1) is 10.2. The number of rotatable bonds is 3. The van der Waals surface area contributed by atoms with Gasteiger partial charge in [0.25, 0.3) is 0 Å². The molecule has 0 spiro atoms. The molecule has 0 radical (unpaired) electrons. The number of nitrogen functional groups attached to an aromatic ring is 1. The van der Waals surface area contributed by atoms with Crippen molar-refractivity contribution in [1.82, 2.24) is 0 Å². The zero-order chi connectivity index (χ0) is 14.7. The molecule has 0 saturated heterocycles. The van der Waals surface area contributed by atoms with Crippen LogP contribution in [0.1, 0.15) is 48.3 Å². The molecule has 1 aliphatic carbocycles. The number of aryl methyl sites for hydroxylation is 1. The maximum absolute atomic E-state index is 5.77. The van der Waals surface area contributed by atoms with Gasteiger partial charge in [-0.1, -0.05) is 42.0 Å². The summed E-state index contributed by atoms with van der Waals surface area (Å²) in [5.41, 5.74) is 11.0. The van der Waals surface area contributed by atoms with Crippen LogP contribution in [0.25, 0.3) is 0 Å². The zero-order valence-electron chi connectivity index (χ0n) is 12.9. The quantitative estimate of drug-likeness (QED) is 0.778. The molecule has 0 bridgehead atoms. The molecule has 1 nitrogen and oxygen atoms in total. The summed E-state index contributed by atoms with van der Waals surface area (Å²) in [4.78, 5) is 0. The second-order valence-corrected chi connectivity index (χ2v) is 6.57. The summed E-state index contributed by atoms with van der Waals surface area (Å²) in [5, 5.41) is 0. The van der Waals surface area contributed by atoms with E-state index in [1.165, 1.54) is 48.8 Å². The number of benzene rings is 2. The predicted molar refractivity (Wildman–Crippen MR) is 90.4 cm³/mol. The molecule has 110 valence electrons. The van der Waals surface area contributed by atoms with E-state index in [2.05, 4.69) is 43.3 Å². The van der Waals surface area contributed by atoms with Gasteiger partial charge in [-0.15, -0.1) is 0 Å². The summed E-state index contributed by atoms with van der Waals surface area (Å²) in [7, 11) is 0. The van der Waals surface area contributed by atoms with Crippen LogP contribution in [0.15, 0.2) is 48.5 Å². The first-order valence-corrected chi connectivity index (χ1v) is 8.11. The lowest BCUT2D eigenvalue weighted by atomic mass is 9.76. The molecule has 0 aromatic heterocycles. The van der Waals surface area contributed by atoms with Crippen LogP contribution in [-0.4, -0.2) is 0 Å². The molecule has 1 heteroatoms. The maximum atomic E-state index is 5.77. The smallest absolute Gasteiger partial charge is 0.0314 e. The number of anilines is 1. The highest BCUT2D eigenvalue weighted by atomic mass is 14.5. The van der Waals surface area contributed by atoms with E-state index in [4.69, 9.17) is 5.73 Å². The van der Waals surface area contributed by atoms with Gasteiger partial charge in [0.1, 0.15) is 0 Å². The lowest BCUT2D eigenvalue weighted by Crippen LogP contribution is -2.15. The van der Waals surface area contributed by atoms with Crippen LogP contribution in [0.3, 0.4) is 0 Å². The molecule has 2 aromatic rings. The van der Waals surface area contributed by atoms with E-state index in [1.807, 2.05) is 12.1 Å². The van der Waals surface area contributed by atoms with Crippen molar-refractivity contribution in [2.45, 2.75) is 44.9 Å². The predicted octanol–water partition coefficient (Wildman–Crippen LogP) is 5.09. The van der Waals surface area contributed by atoms with Crippen molar-refractivity contribution in [3.8, 4) is 0 Å². The van der Waals surface area contributed by atoms with E-state index >= 15 is 0 Å². The molecule has 0 heterocycles. The van der Waals surface area contributed by atoms with Crippen LogP contribution in [0.5, 0.6) is 0 Å². The van der Waals surface area contributed by atoms with Crippen LogP contribution in [0, 0.1) is 12.8 Å². The summed E-state index contributed by atoms with van der Waals surface area (Å²) in [6.07, 6.45) is 6.58. The Bertz CT molecular complexity index is 560. The number of hydrogen-bond acceptors (Lipinski definition) is 1. The van der Waals surface area contributed by atoms with E-state index in [1.54, 1.807) is 0 Å². The van der Waals surface area contributed by atoms with Gasteiger partial charge in [-0.3, -0.25) is 0 Å².